The van der Waals surface area contributed by atoms with E-state index in [4.69, 9.17) is 16.3 Å². The number of hydrogen-bond acceptors (Lipinski definition) is 2. The number of hydrogen-bond donors (Lipinski definition) is 0. The average molecular weight is 279 g/mol. The second-order valence-electron chi connectivity index (χ2n) is 4.15. The van der Waals surface area contributed by atoms with E-state index in [0.29, 0.717) is 10.8 Å². The normalized spacial score (nSPS) is 10.3. The molecule has 0 spiro atoms. The maximum Gasteiger partial charge on any atom is 0.203 e. The lowest BCUT2D eigenvalue weighted by Crippen LogP contribution is -2.13. The standard InChI is InChI=1S/C15H12ClFO2/c1-10-2-7-14(17)13(8-10)15(18)9-19-12-5-3-11(16)4-6-12/h2-8H,9H2,1H3. The first-order chi connectivity index (χ1) is 9.06. The molecule has 0 bridgehead atoms. The Bertz CT molecular complexity index is 594. The molecule has 2 aromatic carbocycles. The van der Waals surface area contributed by atoms with Crippen molar-refractivity contribution in [1.82, 2.24) is 0 Å². The Hall–Kier alpha value is -1.87. The number of aryl methyl sites for hydroxylation is 1. The first-order valence-corrected chi connectivity index (χ1v) is 6.12. The molecule has 2 nitrogen and oxygen atoms in total. The van der Waals surface area contributed by atoms with Crippen LogP contribution in [0, 0.1) is 12.7 Å². The molecule has 0 fully saturated rings. The van der Waals surface area contributed by atoms with Gasteiger partial charge in [0.25, 0.3) is 0 Å². The van der Waals surface area contributed by atoms with Gasteiger partial charge in [-0.2, -0.15) is 0 Å². The van der Waals surface area contributed by atoms with Crippen molar-refractivity contribution in [2.45, 2.75) is 6.92 Å². The van der Waals surface area contributed by atoms with Gasteiger partial charge in [0.1, 0.15) is 11.6 Å². The van der Waals surface area contributed by atoms with Crippen molar-refractivity contribution in [3.05, 3.63) is 64.4 Å². The van der Waals surface area contributed by atoms with Crippen molar-refractivity contribution in [3.8, 4) is 5.75 Å². The van der Waals surface area contributed by atoms with Gasteiger partial charge in [-0.25, -0.2) is 4.39 Å². The molecule has 0 amide bonds. The third-order valence-corrected chi connectivity index (χ3v) is 2.86. The molecule has 4 heteroatoms. The van der Waals surface area contributed by atoms with Crippen molar-refractivity contribution in [2.75, 3.05) is 6.61 Å². The van der Waals surface area contributed by atoms with Crippen molar-refractivity contribution in [1.29, 1.82) is 0 Å². The van der Waals surface area contributed by atoms with Gasteiger partial charge in [0.15, 0.2) is 6.61 Å². The fraction of sp³-hybridized carbons (Fsp3) is 0.133. The van der Waals surface area contributed by atoms with E-state index >= 15 is 0 Å². The minimum atomic E-state index is -0.532. The van der Waals surface area contributed by atoms with Gasteiger partial charge in [0, 0.05) is 5.02 Å². The summed E-state index contributed by atoms with van der Waals surface area (Å²) in [5.41, 5.74) is 0.880. The number of carbonyl (C=O) groups is 1. The van der Waals surface area contributed by atoms with Crippen LogP contribution in [0.3, 0.4) is 0 Å². The van der Waals surface area contributed by atoms with E-state index in [1.807, 2.05) is 0 Å². The minimum absolute atomic E-state index is 0.0500. The Balaban J connectivity index is 2.05. The van der Waals surface area contributed by atoms with Crippen LogP contribution in [-0.2, 0) is 0 Å². The molecule has 19 heavy (non-hydrogen) atoms. The summed E-state index contributed by atoms with van der Waals surface area (Å²) in [6.45, 7) is 1.60. The van der Waals surface area contributed by atoms with Gasteiger partial charge >= 0.3 is 0 Å². The van der Waals surface area contributed by atoms with Crippen molar-refractivity contribution >= 4 is 17.4 Å². The maximum absolute atomic E-state index is 13.5. The molecule has 0 saturated heterocycles. The summed E-state index contributed by atoms with van der Waals surface area (Å²) in [4.78, 5) is 11.9. The number of carbonyl (C=O) groups excluding carboxylic acids is 1. The van der Waals surface area contributed by atoms with Crippen LogP contribution in [0.25, 0.3) is 0 Å². The highest BCUT2D eigenvalue weighted by Crippen LogP contribution is 2.16. The summed E-state index contributed by atoms with van der Waals surface area (Å²) >= 11 is 5.74. The highest BCUT2D eigenvalue weighted by molar-refractivity contribution is 6.30. The molecule has 0 radical (unpaired) electrons. The summed E-state index contributed by atoms with van der Waals surface area (Å²) < 4.78 is 18.8. The fourth-order valence-corrected chi connectivity index (χ4v) is 1.74. The van der Waals surface area contributed by atoms with Gasteiger partial charge in [0.2, 0.25) is 5.78 Å². The lowest BCUT2D eigenvalue weighted by Gasteiger charge is -2.07. The van der Waals surface area contributed by atoms with Gasteiger partial charge in [-0.1, -0.05) is 23.2 Å². The van der Waals surface area contributed by atoms with Crippen LogP contribution in [-0.4, -0.2) is 12.4 Å². The molecule has 2 rings (SSSR count). The topological polar surface area (TPSA) is 26.3 Å². The van der Waals surface area contributed by atoms with Crippen LogP contribution in [0.4, 0.5) is 4.39 Å². The third kappa shape index (κ3) is 3.55. The number of halogens is 2. The Morgan fingerprint density at radius 3 is 2.58 bits per heavy atom. The van der Waals surface area contributed by atoms with Crippen LogP contribution in [0.5, 0.6) is 5.75 Å². The molecular formula is C15H12ClFO2. The van der Waals surface area contributed by atoms with E-state index < -0.39 is 11.6 Å². The molecule has 0 unspecified atom stereocenters. The van der Waals surface area contributed by atoms with E-state index in [1.54, 1.807) is 37.3 Å². The van der Waals surface area contributed by atoms with Crippen LogP contribution < -0.4 is 4.74 Å². The van der Waals surface area contributed by atoms with E-state index in [2.05, 4.69) is 0 Å². The molecule has 0 saturated carbocycles. The minimum Gasteiger partial charge on any atom is -0.485 e. The Morgan fingerprint density at radius 2 is 1.89 bits per heavy atom. The Morgan fingerprint density at radius 1 is 1.21 bits per heavy atom. The van der Waals surface area contributed by atoms with Gasteiger partial charge in [-0.15, -0.1) is 0 Å². The lowest BCUT2D eigenvalue weighted by atomic mass is 10.1. The molecule has 0 N–H and O–H groups in total. The van der Waals surface area contributed by atoms with Crippen molar-refractivity contribution < 1.29 is 13.9 Å². The smallest absolute Gasteiger partial charge is 0.203 e. The number of Topliss-reactive ketones (excluding diaryl/α,β-unsaturated/α-hetero) is 1. The summed E-state index contributed by atoms with van der Waals surface area (Å²) in [6.07, 6.45) is 0. The molecule has 98 valence electrons. The quantitative estimate of drug-likeness (QED) is 0.789. The molecule has 0 aliphatic carbocycles. The number of benzene rings is 2. The summed E-state index contributed by atoms with van der Waals surface area (Å²) in [5.74, 6) is -0.405. The third-order valence-electron chi connectivity index (χ3n) is 2.61. The van der Waals surface area contributed by atoms with E-state index in [0.717, 1.165) is 5.56 Å². The van der Waals surface area contributed by atoms with Crippen LogP contribution in [0.1, 0.15) is 15.9 Å². The van der Waals surface area contributed by atoms with Crippen LogP contribution in [0.2, 0.25) is 5.02 Å². The van der Waals surface area contributed by atoms with Crippen molar-refractivity contribution in [2.24, 2.45) is 0 Å². The zero-order chi connectivity index (χ0) is 13.8. The van der Waals surface area contributed by atoms with E-state index in [1.165, 1.54) is 12.1 Å². The molecule has 0 heterocycles. The van der Waals surface area contributed by atoms with Gasteiger partial charge in [-0.3, -0.25) is 4.79 Å². The second-order valence-corrected chi connectivity index (χ2v) is 4.59. The van der Waals surface area contributed by atoms with Gasteiger partial charge in [-0.05, 0) is 43.3 Å². The molecule has 0 atom stereocenters. The number of ketones is 1. The van der Waals surface area contributed by atoms with Gasteiger partial charge in [0.05, 0.1) is 5.56 Å². The maximum atomic E-state index is 13.5. The van der Waals surface area contributed by atoms with Crippen molar-refractivity contribution in [3.63, 3.8) is 0 Å². The highest BCUT2D eigenvalue weighted by Gasteiger charge is 2.12. The average Bonchev–Trinajstić information content (AvgIpc) is 2.40. The predicted molar refractivity (Wildman–Crippen MR) is 72.4 cm³/mol. The van der Waals surface area contributed by atoms with E-state index in [9.17, 15) is 9.18 Å². The molecule has 0 aliphatic rings. The SMILES string of the molecule is Cc1ccc(F)c(C(=O)COc2ccc(Cl)cc2)c1. The summed E-state index contributed by atoms with van der Waals surface area (Å²) in [7, 11) is 0. The Labute approximate surface area is 115 Å². The van der Waals surface area contributed by atoms with E-state index in [-0.39, 0.29) is 12.2 Å². The summed E-state index contributed by atoms with van der Waals surface area (Å²) in [5, 5.41) is 0.586. The molecule has 2 aromatic rings. The summed E-state index contributed by atoms with van der Waals surface area (Å²) in [6, 6.07) is 11.0. The molecule has 0 aromatic heterocycles. The lowest BCUT2D eigenvalue weighted by molar-refractivity contribution is 0.0917. The fourth-order valence-electron chi connectivity index (χ4n) is 1.61. The number of ether oxygens (including phenoxy) is 1. The van der Waals surface area contributed by atoms with Crippen LogP contribution in [0.15, 0.2) is 42.5 Å². The Kier molecular flexibility index (Phi) is 4.17. The monoisotopic (exact) mass is 278 g/mol. The predicted octanol–water partition coefficient (Wildman–Crippen LogP) is 4.05. The van der Waals surface area contributed by atoms with Gasteiger partial charge < -0.3 is 4.74 Å². The zero-order valence-electron chi connectivity index (χ0n) is 10.3. The first-order valence-electron chi connectivity index (χ1n) is 5.74. The second kappa shape index (κ2) is 5.85. The van der Waals surface area contributed by atoms with Crippen LogP contribution >= 0.6 is 11.6 Å². The molecule has 0 aliphatic heterocycles. The zero-order valence-corrected chi connectivity index (χ0v) is 11.1. The number of rotatable bonds is 4. The largest absolute Gasteiger partial charge is 0.485 e. The molecular weight excluding hydrogens is 267 g/mol. The first kappa shape index (κ1) is 13.6. The highest BCUT2D eigenvalue weighted by atomic mass is 35.5.